The summed E-state index contributed by atoms with van der Waals surface area (Å²) < 4.78 is 0. The van der Waals surface area contributed by atoms with Crippen molar-refractivity contribution in [1.82, 2.24) is 4.90 Å². The first-order chi connectivity index (χ1) is 14.9. The van der Waals surface area contributed by atoms with Crippen LogP contribution in [0, 0.1) is 16.0 Å². The number of rotatable bonds is 6. The molecule has 0 unspecified atom stereocenters. The molecule has 31 heavy (non-hydrogen) atoms. The largest absolute Gasteiger partial charge is 0.391 e. The van der Waals surface area contributed by atoms with Crippen LogP contribution in [-0.2, 0) is 16.1 Å². The number of hydrogen-bond acceptors (Lipinski definition) is 6. The molecule has 2 aromatic carbocycles. The molecule has 2 aliphatic heterocycles. The number of carbonyl (C=O) groups excluding carboxylic acids is 2. The Morgan fingerprint density at radius 2 is 1.71 bits per heavy atom. The normalized spacial score (nSPS) is 24.3. The van der Waals surface area contributed by atoms with Crippen LogP contribution in [0.4, 0.5) is 11.4 Å². The second-order valence-corrected chi connectivity index (χ2v) is 7.77. The van der Waals surface area contributed by atoms with E-state index in [4.69, 9.17) is 0 Å². The number of para-hydroxylation sites is 1. The average Bonchev–Trinajstić information content (AvgIpc) is 3.04. The highest BCUT2D eigenvalue weighted by Crippen LogP contribution is 2.36. The van der Waals surface area contributed by atoms with E-state index in [0.717, 1.165) is 5.56 Å². The molecule has 2 aromatic rings. The first kappa shape index (κ1) is 20.9. The van der Waals surface area contributed by atoms with E-state index in [-0.39, 0.29) is 24.0 Å². The average molecular weight is 421 g/mol. The summed E-state index contributed by atoms with van der Waals surface area (Å²) in [4.78, 5) is 40.0. The van der Waals surface area contributed by atoms with Crippen molar-refractivity contribution in [2.45, 2.75) is 38.1 Å². The summed E-state index contributed by atoms with van der Waals surface area (Å²) in [5, 5.41) is 21.6. The van der Waals surface area contributed by atoms with Crippen molar-refractivity contribution in [3.05, 3.63) is 82.4 Å². The lowest BCUT2D eigenvalue weighted by atomic mass is 9.90. The summed E-state index contributed by atoms with van der Waals surface area (Å²) in [6, 6.07) is 13.7. The van der Waals surface area contributed by atoms with Gasteiger partial charge in [-0.25, -0.2) is 4.90 Å². The van der Waals surface area contributed by atoms with Gasteiger partial charge in [-0.05, 0) is 24.1 Å². The van der Waals surface area contributed by atoms with Gasteiger partial charge in [0, 0.05) is 18.7 Å². The van der Waals surface area contributed by atoms with E-state index in [2.05, 4.69) is 0 Å². The molecule has 2 amide bonds. The number of nitro groups is 1. The predicted octanol–water partition coefficient (Wildman–Crippen LogP) is 2.66. The highest BCUT2D eigenvalue weighted by atomic mass is 16.6. The molecule has 1 fully saturated rings. The molecule has 4 atom stereocenters. The van der Waals surface area contributed by atoms with Crippen LogP contribution in [0.1, 0.15) is 18.9 Å². The number of aliphatic hydroxyl groups is 1. The number of non-ortho nitro benzene ring substituents is 1. The first-order valence-corrected chi connectivity index (χ1v) is 10.2. The standard InChI is InChI=1S/C23H23N3O5/c1-2-20(27)19-13-12-18-21(23(29)25(22(18)28)16-6-4-3-5-7-16)24(19)14-15-8-10-17(11-9-15)26(30)31/h3-13,18-21,27H,2,14H2,1H3/t18-,19-,20-,21+/m1/s1. The van der Waals surface area contributed by atoms with Gasteiger partial charge in [0.05, 0.1) is 28.7 Å². The van der Waals surface area contributed by atoms with Gasteiger partial charge in [0.25, 0.3) is 11.6 Å². The first-order valence-electron chi connectivity index (χ1n) is 10.2. The minimum Gasteiger partial charge on any atom is -0.391 e. The van der Waals surface area contributed by atoms with Crippen LogP contribution in [0.2, 0.25) is 0 Å². The molecular weight excluding hydrogens is 398 g/mol. The topological polar surface area (TPSA) is 104 Å². The molecule has 0 saturated carbocycles. The zero-order valence-electron chi connectivity index (χ0n) is 17.0. The van der Waals surface area contributed by atoms with Gasteiger partial charge in [0.1, 0.15) is 6.04 Å². The van der Waals surface area contributed by atoms with E-state index >= 15 is 0 Å². The third-order valence-electron chi connectivity index (χ3n) is 5.91. The van der Waals surface area contributed by atoms with Crippen molar-refractivity contribution in [2.75, 3.05) is 4.90 Å². The van der Waals surface area contributed by atoms with E-state index in [1.54, 1.807) is 48.6 Å². The summed E-state index contributed by atoms with van der Waals surface area (Å²) in [6.07, 6.45) is 3.28. The van der Waals surface area contributed by atoms with Crippen molar-refractivity contribution >= 4 is 23.2 Å². The third kappa shape index (κ3) is 3.75. The summed E-state index contributed by atoms with van der Waals surface area (Å²) in [5.74, 6) is -1.28. The van der Waals surface area contributed by atoms with E-state index in [0.29, 0.717) is 12.1 Å². The molecule has 4 rings (SSSR count). The Balaban J connectivity index is 1.69. The van der Waals surface area contributed by atoms with Crippen LogP contribution in [0.5, 0.6) is 0 Å². The second-order valence-electron chi connectivity index (χ2n) is 7.77. The number of anilines is 1. The molecule has 0 spiro atoms. The SMILES string of the molecule is CC[C@@H](O)[C@H]1C=C[C@H]2C(=O)N(c3ccccc3)C(=O)[C@H]2N1Cc1ccc([N+](=O)[O-])cc1. The molecule has 0 bridgehead atoms. The Morgan fingerprint density at radius 1 is 1.03 bits per heavy atom. The minimum absolute atomic E-state index is 0.0207. The zero-order valence-corrected chi connectivity index (χ0v) is 17.0. The lowest BCUT2D eigenvalue weighted by Crippen LogP contribution is -2.54. The number of nitro benzene ring substituents is 1. The number of benzene rings is 2. The number of imide groups is 1. The highest BCUT2D eigenvalue weighted by Gasteiger charge is 2.53. The van der Waals surface area contributed by atoms with Crippen molar-refractivity contribution < 1.29 is 19.6 Å². The van der Waals surface area contributed by atoms with E-state index in [1.807, 2.05) is 17.9 Å². The van der Waals surface area contributed by atoms with E-state index in [9.17, 15) is 24.8 Å². The van der Waals surface area contributed by atoms with Gasteiger partial charge in [-0.2, -0.15) is 0 Å². The maximum absolute atomic E-state index is 13.4. The van der Waals surface area contributed by atoms with Gasteiger partial charge in [-0.15, -0.1) is 0 Å². The van der Waals surface area contributed by atoms with E-state index in [1.165, 1.54) is 17.0 Å². The number of carbonyl (C=O) groups is 2. The summed E-state index contributed by atoms with van der Waals surface area (Å²) in [6.45, 7) is 2.12. The van der Waals surface area contributed by atoms with Crippen LogP contribution < -0.4 is 4.90 Å². The molecule has 2 aliphatic rings. The van der Waals surface area contributed by atoms with Crippen molar-refractivity contribution in [3.8, 4) is 0 Å². The van der Waals surface area contributed by atoms with Gasteiger partial charge in [0.15, 0.2) is 0 Å². The van der Waals surface area contributed by atoms with Crippen LogP contribution in [0.25, 0.3) is 0 Å². The number of amides is 2. The molecular formula is C23H23N3O5. The van der Waals surface area contributed by atoms with Gasteiger partial charge in [0.2, 0.25) is 5.91 Å². The van der Waals surface area contributed by atoms with Crippen LogP contribution in [-0.4, -0.2) is 44.9 Å². The number of aliphatic hydroxyl groups excluding tert-OH is 1. The molecule has 8 nitrogen and oxygen atoms in total. The van der Waals surface area contributed by atoms with Gasteiger partial charge >= 0.3 is 0 Å². The molecule has 160 valence electrons. The molecule has 8 heteroatoms. The van der Waals surface area contributed by atoms with Crippen LogP contribution >= 0.6 is 0 Å². The predicted molar refractivity (Wildman–Crippen MR) is 114 cm³/mol. The highest BCUT2D eigenvalue weighted by molar-refractivity contribution is 6.24. The zero-order chi connectivity index (χ0) is 22.1. The van der Waals surface area contributed by atoms with Crippen molar-refractivity contribution in [1.29, 1.82) is 0 Å². The minimum atomic E-state index is -0.751. The van der Waals surface area contributed by atoms with Crippen LogP contribution in [0.3, 0.4) is 0 Å². The van der Waals surface area contributed by atoms with Gasteiger partial charge in [-0.1, -0.05) is 49.4 Å². The monoisotopic (exact) mass is 421 g/mol. The van der Waals surface area contributed by atoms with Crippen LogP contribution in [0.15, 0.2) is 66.7 Å². The summed E-state index contributed by atoms with van der Waals surface area (Å²) in [5.41, 5.74) is 1.25. The summed E-state index contributed by atoms with van der Waals surface area (Å²) >= 11 is 0. The second kappa shape index (κ2) is 8.41. The molecule has 1 N–H and O–H groups in total. The Labute approximate surface area is 179 Å². The van der Waals surface area contributed by atoms with Crippen molar-refractivity contribution in [3.63, 3.8) is 0 Å². The van der Waals surface area contributed by atoms with Crippen molar-refractivity contribution in [2.24, 2.45) is 5.92 Å². The quantitative estimate of drug-likeness (QED) is 0.333. The fraction of sp³-hybridized carbons (Fsp3) is 0.304. The number of hydrogen-bond donors (Lipinski definition) is 1. The maximum Gasteiger partial charge on any atom is 0.269 e. The smallest absolute Gasteiger partial charge is 0.269 e. The van der Waals surface area contributed by atoms with Gasteiger partial charge in [-0.3, -0.25) is 24.6 Å². The summed E-state index contributed by atoms with van der Waals surface area (Å²) in [7, 11) is 0. The lowest BCUT2D eigenvalue weighted by molar-refractivity contribution is -0.384. The lowest BCUT2D eigenvalue weighted by Gasteiger charge is -2.40. The molecule has 2 heterocycles. The Bertz CT molecular complexity index is 1020. The van der Waals surface area contributed by atoms with E-state index < -0.39 is 29.0 Å². The third-order valence-corrected chi connectivity index (χ3v) is 5.91. The fourth-order valence-electron chi connectivity index (χ4n) is 4.30. The maximum atomic E-state index is 13.4. The van der Waals surface area contributed by atoms with Gasteiger partial charge < -0.3 is 5.11 Å². The molecule has 1 saturated heterocycles. The number of fused-ring (bicyclic) bond motifs is 1. The Morgan fingerprint density at radius 3 is 2.32 bits per heavy atom. The molecule has 0 aromatic heterocycles. The Hall–Kier alpha value is -3.36. The molecule has 0 radical (unpaired) electrons. The number of nitrogens with zero attached hydrogens (tertiary/aromatic N) is 3. The molecule has 0 aliphatic carbocycles. The fourth-order valence-corrected chi connectivity index (χ4v) is 4.30. The Kier molecular flexibility index (Phi) is 5.67.